The van der Waals surface area contributed by atoms with Crippen LogP contribution in [0.3, 0.4) is 0 Å². The number of nitrogens with one attached hydrogen (secondary N) is 1. The van der Waals surface area contributed by atoms with Gasteiger partial charge in [-0.3, -0.25) is 14.8 Å². The number of hydrogen-bond acceptors (Lipinski definition) is 5. The van der Waals surface area contributed by atoms with Gasteiger partial charge in [0.1, 0.15) is 11.6 Å². The first-order valence-electron chi connectivity index (χ1n) is 8.09. The maximum Gasteiger partial charge on any atom is 0.136 e. The van der Waals surface area contributed by atoms with Crippen LogP contribution in [0.15, 0.2) is 47.7 Å². The lowest BCUT2D eigenvalue weighted by atomic mass is 9.90. The van der Waals surface area contributed by atoms with E-state index in [0.717, 1.165) is 23.6 Å². The fraction of sp³-hybridized carbons (Fsp3) is 0.389. The number of pyridine rings is 1. The molecular weight excluding hydrogens is 288 g/mol. The van der Waals surface area contributed by atoms with Gasteiger partial charge in [0, 0.05) is 37.8 Å². The topological polar surface area (TPSA) is 57.6 Å². The van der Waals surface area contributed by atoms with Gasteiger partial charge in [-0.2, -0.15) is 0 Å². The summed E-state index contributed by atoms with van der Waals surface area (Å²) in [7, 11) is 0. The highest BCUT2D eigenvalue weighted by Crippen LogP contribution is 2.28. The van der Waals surface area contributed by atoms with Crippen molar-refractivity contribution in [2.45, 2.75) is 37.9 Å². The molecule has 0 radical (unpaired) electrons. The summed E-state index contributed by atoms with van der Waals surface area (Å²) >= 11 is 0. The second-order valence-electron chi connectivity index (χ2n) is 6.39. The van der Waals surface area contributed by atoms with E-state index >= 15 is 0 Å². The molecule has 1 fully saturated rings. The number of aliphatic imine (C=N–C) groups is 1. The molecule has 118 valence electrons. The molecule has 1 aromatic rings. The highest BCUT2D eigenvalue weighted by molar-refractivity contribution is 5.96. The highest BCUT2D eigenvalue weighted by Gasteiger charge is 2.37. The van der Waals surface area contributed by atoms with Gasteiger partial charge in [0.2, 0.25) is 0 Å². The molecule has 0 aromatic carbocycles. The average Bonchev–Trinajstić information content (AvgIpc) is 2.99. The van der Waals surface area contributed by atoms with E-state index < -0.39 is 0 Å². The third-order valence-electron chi connectivity index (χ3n) is 4.74. The number of fused-ring (bicyclic) bond motifs is 1. The zero-order valence-electron chi connectivity index (χ0n) is 13.1. The van der Waals surface area contributed by atoms with Gasteiger partial charge >= 0.3 is 0 Å². The van der Waals surface area contributed by atoms with Crippen LogP contribution in [0.4, 0.5) is 0 Å². The molecule has 0 spiro atoms. The number of aromatic nitrogens is 1. The van der Waals surface area contributed by atoms with Gasteiger partial charge in [0.15, 0.2) is 0 Å². The largest absolute Gasteiger partial charge is 0.331 e. The lowest BCUT2D eigenvalue weighted by molar-refractivity contribution is -0.121. The van der Waals surface area contributed by atoms with Gasteiger partial charge in [0.25, 0.3) is 0 Å². The van der Waals surface area contributed by atoms with Crippen LogP contribution in [0.2, 0.25) is 0 Å². The van der Waals surface area contributed by atoms with Gasteiger partial charge in [-0.15, -0.1) is 0 Å². The molecule has 3 atom stereocenters. The van der Waals surface area contributed by atoms with Gasteiger partial charge in [-0.1, -0.05) is 12.1 Å². The molecule has 23 heavy (non-hydrogen) atoms. The molecule has 0 amide bonds. The first-order valence-corrected chi connectivity index (χ1v) is 8.09. The van der Waals surface area contributed by atoms with Gasteiger partial charge < -0.3 is 10.2 Å². The van der Waals surface area contributed by atoms with Gasteiger partial charge in [-0.05, 0) is 30.7 Å². The summed E-state index contributed by atoms with van der Waals surface area (Å²) in [5.74, 6) is 1.28. The molecule has 4 rings (SSSR count). The van der Waals surface area contributed by atoms with E-state index in [9.17, 15) is 4.79 Å². The molecule has 0 aliphatic carbocycles. The summed E-state index contributed by atoms with van der Waals surface area (Å²) in [5.41, 5.74) is 2.10. The second kappa shape index (κ2) is 5.74. The lowest BCUT2D eigenvalue weighted by Crippen LogP contribution is -2.48. The Labute approximate surface area is 135 Å². The fourth-order valence-electron chi connectivity index (χ4n) is 3.59. The molecule has 1 saturated heterocycles. The SMILES string of the molecule is Cc1cccnc1[C@H]1CC(=O)C[C@H](C2CN3C=CC=CC3=N2)N1. The van der Waals surface area contributed by atoms with Crippen LogP contribution in [-0.2, 0) is 4.79 Å². The molecule has 4 heterocycles. The Kier molecular flexibility index (Phi) is 3.58. The zero-order valence-corrected chi connectivity index (χ0v) is 13.1. The smallest absolute Gasteiger partial charge is 0.136 e. The fourth-order valence-corrected chi connectivity index (χ4v) is 3.59. The quantitative estimate of drug-likeness (QED) is 0.907. The molecule has 1 unspecified atom stereocenters. The maximum absolute atomic E-state index is 12.3. The average molecular weight is 308 g/mol. The Hall–Kier alpha value is -2.27. The first-order chi connectivity index (χ1) is 11.2. The monoisotopic (exact) mass is 308 g/mol. The number of allylic oxidation sites excluding steroid dienone is 2. The minimum atomic E-state index is -0.00800. The number of rotatable bonds is 2. The van der Waals surface area contributed by atoms with E-state index in [-0.39, 0.29) is 18.1 Å². The first kappa shape index (κ1) is 14.3. The van der Waals surface area contributed by atoms with Crippen molar-refractivity contribution in [3.8, 4) is 0 Å². The normalized spacial score (nSPS) is 29.6. The van der Waals surface area contributed by atoms with Crippen LogP contribution in [-0.4, -0.2) is 40.1 Å². The number of hydrogen-bond donors (Lipinski definition) is 1. The van der Waals surface area contributed by atoms with Crippen molar-refractivity contribution < 1.29 is 4.79 Å². The van der Waals surface area contributed by atoms with E-state index in [4.69, 9.17) is 4.99 Å². The predicted octanol–water partition coefficient (Wildman–Crippen LogP) is 1.92. The second-order valence-corrected chi connectivity index (χ2v) is 6.39. The van der Waals surface area contributed by atoms with E-state index in [1.807, 2.05) is 43.5 Å². The Morgan fingerprint density at radius 1 is 1.30 bits per heavy atom. The van der Waals surface area contributed by atoms with Crippen molar-refractivity contribution in [1.29, 1.82) is 0 Å². The van der Waals surface area contributed by atoms with Crippen LogP contribution in [0.5, 0.6) is 0 Å². The molecule has 0 saturated carbocycles. The highest BCUT2D eigenvalue weighted by atomic mass is 16.1. The minimum Gasteiger partial charge on any atom is -0.331 e. The van der Waals surface area contributed by atoms with Crippen LogP contribution in [0, 0.1) is 6.92 Å². The van der Waals surface area contributed by atoms with Crippen molar-refractivity contribution in [1.82, 2.24) is 15.2 Å². The Morgan fingerprint density at radius 3 is 3.04 bits per heavy atom. The molecule has 5 nitrogen and oxygen atoms in total. The molecular formula is C18H20N4O. The van der Waals surface area contributed by atoms with Crippen LogP contribution >= 0.6 is 0 Å². The van der Waals surface area contributed by atoms with Crippen LogP contribution < -0.4 is 5.32 Å². The molecule has 1 N–H and O–H groups in total. The lowest BCUT2D eigenvalue weighted by Gasteiger charge is -2.33. The van der Waals surface area contributed by atoms with E-state index in [1.54, 1.807) is 6.20 Å². The number of nitrogens with zero attached hydrogens (tertiary/aromatic N) is 3. The summed E-state index contributed by atoms with van der Waals surface area (Å²) in [6.45, 7) is 2.87. The molecule has 3 aliphatic rings. The predicted molar refractivity (Wildman–Crippen MR) is 89.1 cm³/mol. The number of amidine groups is 1. The van der Waals surface area contributed by atoms with Gasteiger partial charge in [-0.25, -0.2) is 0 Å². The van der Waals surface area contributed by atoms with E-state index in [2.05, 4.69) is 15.2 Å². The Bertz CT molecular complexity index is 721. The van der Waals surface area contributed by atoms with Crippen molar-refractivity contribution in [3.05, 3.63) is 54.0 Å². The number of Topliss-reactive ketones (excluding diaryl/α,β-unsaturated/α-hetero) is 1. The van der Waals surface area contributed by atoms with Crippen molar-refractivity contribution in [3.63, 3.8) is 0 Å². The number of carbonyl (C=O) groups is 1. The molecule has 3 aliphatic heterocycles. The standard InChI is InChI=1S/C18H20N4O/c1-12-5-4-7-19-18(12)15-10-13(23)9-14(20-15)16-11-22-8-3-2-6-17(22)21-16/h2-8,14-16,20H,9-11H2,1H3/t14-,15-,16?/m1/s1. The van der Waals surface area contributed by atoms with Crippen molar-refractivity contribution >= 4 is 11.6 Å². The van der Waals surface area contributed by atoms with E-state index in [1.165, 1.54) is 0 Å². The molecule has 1 aromatic heterocycles. The number of aryl methyl sites for hydroxylation is 1. The number of carbonyl (C=O) groups excluding carboxylic acids is 1. The summed E-state index contributed by atoms with van der Waals surface area (Å²) in [5, 5.41) is 3.63. The van der Waals surface area contributed by atoms with Crippen LogP contribution in [0.1, 0.15) is 30.1 Å². The zero-order chi connectivity index (χ0) is 15.8. The summed E-state index contributed by atoms with van der Waals surface area (Å²) in [6.07, 6.45) is 10.9. The number of ketones is 1. The summed E-state index contributed by atoms with van der Waals surface area (Å²) in [4.78, 5) is 23.7. The summed E-state index contributed by atoms with van der Waals surface area (Å²) in [6, 6.07) is 4.15. The Morgan fingerprint density at radius 2 is 2.22 bits per heavy atom. The molecule has 0 bridgehead atoms. The van der Waals surface area contributed by atoms with Crippen LogP contribution in [0.25, 0.3) is 0 Å². The maximum atomic E-state index is 12.3. The third kappa shape index (κ3) is 2.72. The third-order valence-corrected chi connectivity index (χ3v) is 4.74. The van der Waals surface area contributed by atoms with Crippen molar-refractivity contribution in [2.24, 2.45) is 4.99 Å². The van der Waals surface area contributed by atoms with Crippen molar-refractivity contribution in [2.75, 3.05) is 6.54 Å². The summed E-state index contributed by atoms with van der Waals surface area (Å²) < 4.78 is 0. The van der Waals surface area contributed by atoms with E-state index in [0.29, 0.717) is 18.6 Å². The molecule has 5 heteroatoms. The number of piperidine rings is 1. The van der Waals surface area contributed by atoms with Gasteiger partial charge in [0.05, 0.1) is 17.8 Å². The minimum absolute atomic E-state index is 0.00800. The Balaban J connectivity index is 1.55.